The Balaban J connectivity index is 1.37. The average Bonchev–Trinajstić information content (AvgIpc) is 3.26. The van der Waals surface area contributed by atoms with E-state index in [4.69, 9.17) is 11.6 Å². The Morgan fingerprint density at radius 3 is 2.46 bits per heavy atom. The summed E-state index contributed by atoms with van der Waals surface area (Å²) in [6.45, 7) is 4.00. The second-order valence-corrected chi connectivity index (χ2v) is 10.0. The molecule has 2 unspecified atom stereocenters. The van der Waals surface area contributed by atoms with Crippen molar-refractivity contribution in [3.63, 3.8) is 0 Å². The van der Waals surface area contributed by atoms with E-state index in [1.54, 1.807) is 24.3 Å². The number of halogens is 1. The Morgan fingerprint density at radius 2 is 1.77 bits per heavy atom. The Kier molecular flexibility index (Phi) is 7.79. The summed E-state index contributed by atoms with van der Waals surface area (Å²) in [5.41, 5.74) is 3.79. The molecule has 3 aromatic carbocycles. The molecule has 7 nitrogen and oxygen atoms in total. The Hall–Kier alpha value is -4.36. The van der Waals surface area contributed by atoms with Crippen molar-refractivity contribution in [2.75, 3.05) is 19.6 Å². The van der Waals surface area contributed by atoms with Gasteiger partial charge >= 0.3 is 6.03 Å². The fraction of sp³-hybridized carbons (Fsp3) is 0.194. The van der Waals surface area contributed by atoms with Crippen LogP contribution in [0.2, 0.25) is 5.02 Å². The lowest BCUT2D eigenvalue weighted by molar-refractivity contribution is -0.132. The van der Waals surface area contributed by atoms with E-state index >= 15 is 0 Å². The molecule has 2 heterocycles. The lowest BCUT2D eigenvalue weighted by Gasteiger charge is -2.33. The molecule has 0 aromatic heterocycles. The molecule has 2 aliphatic rings. The van der Waals surface area contributed by atoms with Gasteiger partial charge in [-0.2, -0.15) is 0 Å². The molecule has 0 spiro atoms. The zero-order valence-electron chi connectivity index (χ0n) is 21.3. The molecule has 0 aliphatic carbocycles. The average molecular weight is 541 g/mol. The van der Waals surface area contributed by atoms with E-state index in [0.29, 0.717) is 28.3 Å². The molecule has 0 bridgehead atoms. The lowest BCUT2D eigenvalue weighted by Crippen LogP contribution is -2.47. The van der Waals surface area contributed by atoms with Crippen molar-refractivity contribution in [1.82, 2.24) is 20.4 Å². The van der Waals surface area contributed by atoms with Gasteiger partial charge in [-0.25, -0.2) is 4.79 Å². The van der Waals surface area contributed by atoms with Gasteiger partial charge in [0.15, 0.2) is 0 Å². The Morgan fingerprint density at radius 1 is 1.05 bits per heavy atom. The minimum absolute atomic E-state index is 0.137. The number of rotatable bonds is 9. The number of carbonyl (C=O) groups is 3. The van der Waals surface area contributed by atoms with E-state index in [1.807, 2.05) is 66.7 Å². The van der Waals surface area contributed by atoms with Gasteiger partial charge in [-0.05, 0) is 35.2 Å². The normalized spacial score (nSPS) is 17.5. The van der Waals surface area contributed by atoms with Crippen LogP contribution in [0.25, 0.3) is 0 Å². The van der Waals surface area contributed by atoms with Gasteiger partial charge in [0.05, 0.1) is 29.9 Å². The molecule has 0 fully saturated rings. The number of carbonyl (C=O) groups excluding carboxylic acids is 3. The minimum atomic E-state index is -0.664. The van der Waals surface area contributed by atoms with Gasteiger partial charge in [-0.3, -0.25) is 14.5 Å². The van der Waals surface area contributed by atoms with Gasteiger partial charge in [0.25, 0.3) is 5.91 Å². The van der Waals surface area contributed by atoms with Crippen LogP contribution in [0.5, 0.6) is 0 Å². The van der Waals surface area contributed by atoms with Crippen LogP contribution >= 0.6 is 11.6 Å². The third-order valence-electron chi connectivity index (χ3n) is 6.94. The maximum atomic E-state index is 13.7. The summed E-state index contributed by atoms with van der Waals surface area (Å²) in [6.07, 6.45) is 2.22. The molecule has 0 saturated heterocycles. The maximum absolute atomic E-state index is 13.7. The first-order valence-corrected chi connectivity index (χ1v) is 13.2. The van der Waals surface area contributed by atoms with Crippen molar-refractivity contribution in [3.05, 3.63) is 131 Å². The number of hydrogen-bond acceptors (Lipinski definition) is 3. The molecule has 39 heavy (non-hydrogen) atoms. The van der Waals surface area contributed by atoms with E-state index < -0.39 is 6.04 Å². The second kappa shape index (κ2) is 11.6. The summed E-state index contributed by atoms with van der Waals surface area (Å²) in [5.74, 6) is -0.569. The monoisotopic (exact) mass is 540 g/mol. The molecule has 4 amide bonds. The van der Waals surface area contributed by atoms with Gasteiger partial charge in [-0.1, -0.05) is 90.5 Å². The zero-order valence-corrected chi connectivity index (χ0v) is 22.1. The van der Waals surface area contributed by atoms with Crippen LogP contribution in [0.1, 0.15) is 28.8 Å². The predicted molar refractivity (Wildman–Crippen MR) is 151 cm³/mol. The SMILES string of the molecule is C=CCN1C(=O)NC(c2cccc(Cl)c2)C2=C1CN(CC(=O)NC(Cc1ccccc1)c1ccccc1)C2=O. The molecule has 3 aromatic rings. The van der Waals surface area contributed by atoms with Gasteiger partial charge in [0.1, 0.15) is 6.54 Å². The van der Waals surface area contributed by atoms with Crippen LogP contribution < -0.4 is 10.6 Å². The topological polar surface area (TPSA) is 81.8 Å². The van der Waals surface area contributed by atoms with Crippen molar-refractivity contribution in [2.24, 2.45) is 0 Å². The van der Waals surface area contributed by atoms with Gasteiger partial charge in [0.2, 0.25) is 5.91 Å². The van der Waals surface area contributed by atoms with Crippen molar-refractivity contribution in [2.45, 2.75) is 18.5 Å². The first kappa shape index (κ1) is 26.3. The number of hydrogen-bond donors (Lipinski definition) is 2. The number of amides is 4. The fourth-order valence-electron chi connectivity index (χ4n) is 5.14. The van der Waals surface area contributed by atoms with Crippen molar-refractivity contribution < 1.29 is 14.4 Å². The molecule has 5 rings (SSSR count). The molecule has 0 saturated carbocycles. The quantitative estimate of drug-likeness (QED) is 0.383. The maximum Gasteiger partial charge on any atom is 0.322 e. The standard InChI is InChI=1S/C31H29ClN4O3/c1-2-16-36-26-19-35(30(38)28(26)29(34-31(36)39)23-14-9-15-24(32)18-23)20-27(37)33-25(22-12-7-4-8-13-22)17-21-10-5-3-6-11-21/h2-15,18,25,29H,1,16-17,19-20H2,(H,33,37)(H,34,39). The van der Waals surface area contributed by atoms with Crippen LogP contribution in [0, 0.1) is 0 Å². The van der Waals surface area contributed by atoms with Gasteiger partial charge in [-0.15, -0.1) is 6.58 Å². The summed E-state index contributed by atoms with van der Waals surface area (Å²) in [6, 6.07) is 25.5. The molecule has 8 heteroatoms. The van der Waals surface area contributed by atoms with Gasteiger partial charge < -0.3 is 15.5 Å². The van der Waals surface area contributed by atoms with Crippen LogP contribution in [-0.4, -0.2) is 47.3 Å². The second-order valence-electron chi connectivity index (χ2n) is 9.58. The molecule has 2 N–H and O–H groups in total. The number of nitrogens with zero attached hydrogens (tertiary/aromatic N) is 2. The summed E-state index contributed by atoms with van der Waals surface area (Å²) < 4.78 is 0. The minimum Gasteiger partial charge on any atom is -0.347 e. The summed E-state index contributed by atoms with van der Waals surface area (Å²) in [5, 5.41) is 6.56. The van der Waals surface area contributed by atoms with Gasteiger partial charge in [0, 0.05) is 11.6 Å². The van der Waals surface area contributed by atoms with E-state index in [-0.39, 0.29) is 43.5 Å². The van der Waals surface area contributed by atoms with Crippen molar-refractivity contribution in [1.29, 1.82) is 0 Å². The molecule has 2 atom stereocenters. The number of urea groups is 1. The zero-order chi connectivity index (χ0) is 27.4. The van der Waals surface area contributed by atoms with Crippen LogP contribution in [0.15, 0.2) is 109 Å². The highest BCUT2D eigenvalue weighted by atomic mass is 35.5. The van der Waals surface area contributed by atoms with E-state index in [9.17, 15) is 14.4 Å². The van der Waals surface area contributed by atoms with Crippen LogP contribution in [-0.2, 0) is 16.0 Å². The molecular weight excluding hydrogens is 512 g/mol. The van der Waals surface area contributed by atoms with Crippen molar-refractivity contribution in [3.8, 4) is 0 Å². The molecular formula is C31H29ClN4O3. The van der Waals surface area contributed by atoms with Crippen LogP contribution in [0.4, 0.5) is 4.79 Å². The fourth-order valence-corrected chi connectivity index (χ4v) is 5.33. The highest BCUT2D eigenvalue weighted by Crippen LogP contribution is 2.36. The predicted octanol–water partition coefficient (Wildman–Crippen LogP) is 4.79. The van der Waals surface area contributed by atoms with E-state index in [0.717, 1.165) is 11.1 Å². The largest absolute Gasteiger partial charge is 0.347 e. The Labute approximate surface area is 232 Å². The van der Waals surface area contributed by atoms with E-state index in [2.05, 4.69) is 17.2 Å². The number of nitrogens with one attached hydrogen (secondary N) is 2. The summed E-state index contributed by atoms with van der Waals surface area (Å²) in [4.78, 5) is 43.0. The molecule has 0 radical (unpaired) electrons. The highest BCUT2D eigenvalue weighted by Gasteiger charge is 2.44. The number of benzene rings is 3. The third kappa shape index (κ3) is 5.73. The molecule has 2 aliphatic heterocycles. The molecule has 198 valence electrons. The third-order valence-corrected chi connectivity index (χ3v) is 7.18. The summed E-state index contributed by atoms with van der Waals surface area (Å²) >= 11 is 6.21. The highest BCUT2D eigenvalue weighted by molar-refractivity contribution is 6.30. The first-order chi connectivity index (χ1) is 18.9. The first-order valence-electron chi connectivity index (χ1n) is 12.8. The smallest absolute Gasteiger partial charge is 0.322 e. The lowest BCUT2D eigenvalue weighted by atomic mass is 9.95. The van der Waals surface area contributed by atoms with Crippen molar-refractivity contribution >= 4 is 29.4 Å². The van der Waals surface area contributed by atoms with Crippen LogP contribution in [0.3, 0.4) is 0 Å². The van der Waals surface area contributed by atoms with E-state index in [1.165, 1.54) is 9.80 Å². The summed E-state index contributed by atoms with van der Waals surface area (Å²) in [7, 11) is 0. The Bertz CT molecular complexity index is 1420.